The Morgan fingerprint density at radius 2 is 2.00 bits per heavy atom. The third kappa shape index (κ3) is 5.55. The number of ether oxygens (including phenoxy) is 1. The van der Waals surface area contributed by atoms with Gasteiger partial charge in [-0.1, -0.05) is 25.1 Å². The van der Waals surface area contributed by atoms with Crippen LogP contribution in [0.1, 0.15) is 31.9 Å². The molecule has 0 amide bonds. The zero-order valence-corrected chi connectivity index (χ0v) is 15.6. The molecule has 1 aliphatic heterocycles. The Balaban J connectivity index is 1.48. The van der Waals surface area contributed by atoms with Crippen LogP contribution in [-0.2, 0) is 6.42 Å². The van der Waals surface area contributed by atoms with E-state index in [0.29, 0.717) is 0 Å². The molecule has 0 atom stereocenters. The molecule has 5 nitrogen and oxygen atoms in total. The fourth-order valence-corrected chi connectivity index (χ4v) is 3.11. The summed E-state index contributed by atoms with van der Waals surface area (Å²) in [5.74, 6) is 2.97. The first kappa shape index (κ1) is 18.4. The van der Waals surface area contributed by atoms with Crippen molar-refractivity contribution in [3.05, 3.63) is 54.5 Å². The van der Waals surface area contributed by atoms with Crippen LogP contribution in [0.4, 0.5) is 0 Å². The van der Waals surface area contributed by atoms with E-state index >= 15 is 0 Å². The first-order valence-corrected chi connectivity index (χ1v) is 9.62. The number of guanidine groups is 1. The van der Waals surface area contributed by atoms with Crippen molar-refractivity contribution in [1.82, 2.24) is 10.2 Å². The van der Waals surface area contributed by atoms with Crippen molar-refractivity contribution in [1.29, 1.82) is 0 Å². The van der Waals surface area contributed by atoms with Crippen molar-refractivity contribution >= 4 is 5.96 Å². The zero-order valence-electron chi connectivity index (χ0n) is 15.6. The SMILES string of the molecule is CCCN=C(NCCc1ccco1)N1CCC(Oc2ccccc2)CC1. The first-order valence-electron chi connectivity index (χ1n) is 9.62. The topological polar surface area (TPSA) is 50.0 Å². The number of rotatable bonds is 7. The van der Waals surface area contributed by atoms with E-state index in [1.165, 1.54) is 0 Å². The fourth-order valence-electron chi connectivity index (χ4n) is 3.11. The molecule has 1 saturated heterocycles. The van der Waals surface area contributed by atoms with Crippen molar-refractivity contribution in [2.45, 2.75) is 38.7 Å². The summed E-state index contributed by atoms with van der Waals surface area (Å²) < 4.78 is 11.5. The maximum Gasteiger partial charge on any atom is 0.193 e. The van der Waals surface area contributed by atoms with E-state index in [0.717, 1.165) is 69.3 Å². The number of benzene rings is 1. The molecule has 5 heteroatoms. The molecule has 1 aromatic heterocycles. The molecule has 3 rings (SSSR count). The predicted octanol–water partition coefficient (Wildman–Crippen LogP) is 3.72. The second-order valence-electron chi connectivity index (χ2n) is 6.58. The monoisotopic (exact) mass is 355 g/mol. The van der Waals surface area contributed by atoms with E-state index in [4.69, 9.17) is 14.1 Å². The van der Waals surface area contributed by atoms with Gasteiger partial charge in [0.15, 0.2) is 5.96 Å². The molecule has 0 aliphatic carbocycles. The highest BCUT2D eigenvalue weighted by Gasteiger charge is 2.22. The summed E-state index contributed by atoms with van der Waals surface area (Å²) in [5.41, 5.74) is 0. The normalized spacial score (nSPS) is 15.9. The molecular weight excluding hydrogens is 326 g/mol. The lowest BCUT2D eigenvalue weighted by Crippen LogP contribution is -2.48. The Bertz CT molecular complexity index is 647. The van der Waals surface area contributed by atoms with Gasteiger partial charge >= 0.3 is 0 Å². The van der Waals surface area contributed by atoms with Gasteiger partial charge in [-0.05, 0) is 30.7 Å². The molecular formula is C21H29N3O2. The summed E-state index contributed by atoms with van der Waals surface area (Å²) in [5, 5.41) is 3.50. The van der Waals surface area contributed by atoms with Gasteiger partial charge in [-0.3, -0.25) is 4.99 Å². The summed E-state index contributed by atoms with van der Waals surface area (Å²) in [6, 6.07) is 14.0. The maximum atomic E-state index is 6.10. The van der Waals surface area contributed by atoms with Crippen LogP contribution in [0.2, 0.25) is 0 Å². The van der Waals surface area contributed by atoms with Crippen LogP contribution in [0.5, 0.6) is 5.75 Å². The van der Waals surface area contributed by atoms with Crippen LogP contribution in [0.3, 0.4) is 0 Å². The minimum absolute atomic E-state index is 0.282. The average Bonchev–Trinajstić information content (AvgIpc) is 3.20. The number of hydrogen-bond donors (Lipinski definition) is 1. The van der Waals surface area contributed by atoms with Gasteiger partial charge in [0, 0.05) is 45.4 Å². The highest BCUT2D eigenvalue weighted by molar-refractivity contribution is 5.80. The Hall–Kier alpha value is -2.43. The van der Waals surface area contributed by atoms with Crippen LogP contribution >= 0.6 is 0 Å². The minimum atomic E-state index is 0.282. The molecule has 0 unspecified atom stereocenters. The Labute approximate surface area is 156 Å². The average molecular weight is 355 g/mol. The first-order chi connectivity index (χ1) is 12.8. The number of nitrogens with one attached hydrogen (secondary N) is 1. The number of nitrogens with zero attached hydrogens (tertiary/aromatic N) is 2. The van der Waals surface area contributed by atoms with E-state index in [1.807, 2.05) is 42.5 Å². The highest BCUT2D eigenvalue weighted by atomic mass is 16.5. The van der Waals surface area contributed by atoms with Gasteiger partial charge in [0.1, 0.15) is 17.6 Å². The van der Waals surface area contributed by atoms with Crippen LogP contribution < -0.4 is 10.1 Å². The molecule has 0 saturated carbocycles. The van der Waals surface area contributed by atoms with Crippen LogP contribution in [0.15, 0.2) is 58.1 Å². The van der Waals surface area contributed by atoms with E-state index in [1.54, 1.807) is 6.26 Å². The van der Waals surface area contributed by atoms with Crippen molar-refractivity contribution in [2.75, 3.05) is 26.2 Å². The van der Waals surface area contributed by atoms with Gasteiger partial charge in [0.05, 0.1) is 6.26 Å². The van der Waals surface area contributed by atoms with Crippen molar-refractivity contribution < 1.29 is 9.15 Å². The van der Waals surface area contributed by atoms with E-state index < -0.39 is 0 Å². The van der Waals surface area contributed by atoms with Gasteiger partial charge in [0.2, 0.25) is 0 Å². The summed E-state index contributed by atoms with van der Waals surface area (Å²) >= 11 is 0. The molecule has 1 fully saturated rings. The highest BCUT2D eigenvalue weighted by Crippen LogP contribution is 2.18. The quantitative estimate of drug-likeness (QED) is 0.607. The number of para-hydroxylation sites is 1. The fraction of sp³-hybridized carbons (Fsp3) is 0.476. The van der Waals surface area contributed by atoms with Crippen molar-refractivity contribution in [2.24, 2.45) is 4.99 Å². The largest absolute Gasteiger partial charge is 0.490 e. The van der Waals surface area contributed by atoms with Crippen LogP contribution in [0.25, 0.3) is 0 Å². The van der Waals surface area contributed by atoms with Gasteiger partial charge in [-0.15, -0.1) is 0 Å². The van der Waals surface area contributed by atoms with E-state index in [9.17, 15) is 0 Å². The number of aliphatic imine (C=N–C) groups is 1. The van der Waals surface area contributed by atoms with Crippen molar-refractivity contribution in [3.63, 3.8) is 0 Å². The molecule has 1 aromatic carbocycles. The van der Waals surface area contributed by atoms with Gasteiger partial charge < -0.3 is 19.4 Å². The molecule has 26 heavy (non-hydrogen) atoms. The Kier molecular flexibility index (Phi) is 6.99. The lowest BCUT2D eigenvalue weighted by molar-refractivity contribution is 0.129. The molecule has 1 aliphatic rings. The van der Waals surface area contributed by atoms with Gasteiger partial charge in [-0.2, -0.15) is 0 Å². The summed E-state index contributed by atoms with van der Waals surface area (Å²) in [4.78, 5) is 7.10. The number of piperidine rings is 1. The number of hydrogen-bond acceptors (Lipinski definition) is 3. The summed E-state index contributed by atoms with van der Waals surface area (Å²) in [6.07, 6.45) is 5.95. The molecule has 2 heterocycles. The van der Waals surface area contributed by atoms with Crippen molar-refractivity contribution in [3.8, 4) is 5.75 Å². The molecule has 0 bridgehead atoms. The van der Waals surface area contributed by atoms with Crippen LogP contribution in [0, 0.1) is 0 Å². The smallest absolute Gasteiger partial charge is 0.193 e. The molecule has 140 valence electrons. The number of furan rings is 1. The summed E-state index contributed by atoms with van der Waals surface area (Å²) in [6.45, 7) is 5.77. The third-order valence-corrected chi connectivity index (χ3v) is 4.51. The molecule has 0 radical (unpaired) electrons. The van der Waals surface area contributed by atoms with E-state index in [-0.39, 0.29) is 6.10 Å². The maximum absolute atomic E-state index is 6.10. The summed E-state index contributed by atoms with van der Waals surface area (Å²) in [7, 11) is 0. The standard InChI is InChI=1S/C21H29N3O2/c1-2-13-22-21(23-14-10-18-9-6-17-25-18)24-15-11-20(12-16-24)26-19-7-4-3-5-8-19/h3-9,17,20H,2,10-16H2,1H3,(H,22,23). The van der Waals surface area contributed by atoms with Gasteiger partial charge in [0.25, 0.3) is 0 Å². The lowest BCUT2D eigenvalue weighted by Gasteiger charge is -2.34. The second kappa shape index (κ2) is 9.90. The molecule has 2 aromatic rings. The Morgan fingerprint density at radius 1 is 1.19 bits per heavy atom. The Morgan fingerprint density at radius 3 is 2.69 bits per heavy atom. The number of likely N-dealkylation sites (tertiary alicyclic amines) is 1. The minimum Gasteiger partial charge on any atom is -0.490 e. The van der Waals surface area contributed by atoms with Crippen LogP contribution in [-0.4, -0.2) is 43.1 Å². The second-order valence-corrected chi connectivity index (χ2v) is 6.58. The van der Waals surface area contributed by atoms with Gasteiger partial charge in [-0.25, -0.2) is 0 Å². The van der Waals surface area contributed by atoms with E-state index in [2.05, 4.69) is 17.1 Å². The third-order valence-electron chi connectivity index (χ3n) is 4.51. The zero-order chi connectivity index (χ0) is 18.0. The lowest BCUT2D eigenvalue weighted by atomic mass is 10.1. The predicted molar refractivity (Wildman–Crippen MR) is 105 cm³/mol. The molecule has 0 spiro atoms. The molecule has 1 N–H and O–H groups in total.